The first-order chi connectivity index (χ1) is 27.2. The number of nitrogens with one attached hydrogen (secondary N) is 3. The monoisotopic (exact) mass is 780 g/mol. The van der Waals surface area contributed by atoms with Crippen molar-refractivity contribution in [3.63, 3.8) is 0 Å². The van der Waals surface area contributed by atoms with E-state index >= 15 is 0 Å². The van der Waals surface area contributed by atoms with E-state index in [1.807, 2.05) is 12.1 Å². The number of hydrogen-bond acceptors (Lipinski definition) is 11. The van der Waals surface area contributed by atoms with E-state index in [4.69, 9.17) is 26.3 Å². The highest BCUT2D eigenvalue weighted by molar-refractivity contribution is 6.31. The fourth-order valence-electron chi connectivity index (χ4n) is 8.37. The van der Waals surface area contributed by atoms with Crippen LogP contribution in [-0.4, -0.2) is 88.5 Å². The van der Waals surface area contributed by atoms with Gasteiger partial charge in [-0.1, -0.05) is 17.7 Å². The van der Waals surface area contributed by atoms with Crippen molar-refractivity contribution in [2.45, 2.75) is 101 Å². The topological polar surface area (TPSA) is 179 Å². The van der Waals surface area contributed by atoms with Crippen LogP contribution < -0.4 is 30.3 Å². The molecule has 0 spiro atoms. The molecule has 5 aliphatic rings. The fourth-order valence-corrected chi connectivity index (χ4v) is 8.58. The second kappa shape index (κ2) is 16.5. The third-order valence-electron chi connectivity index (χ3n) is 11.8. The van der Waals surface area contributed by atoms with E-state index in [2.05, 4.69) is 36.9 Å². The van der Waals surface area contributed by atoms with Gasteiger partial charge in [0.1, 0.15) is 41.2 Å². The normalized spacial score (nSPS) is 25.1. The van der Waals surface area contributed by atoms with Gasteiger partial charge in [-0.15, -0.1) is 0 Å². The van der Waals surface area contributed by atoms with Crippen LogP contribution in [0, 0.1) is 17.2 Å². The number of imide groups is 1. The van der Waals surface area contributed by atoms with Crippen LogP contribution in [0.1, 0.15) is 96.2 Å². The highest BCUT2D eigenvalue weighted by atomic mass is 35.5. The molecule has 4 amide bonds. The van der Waals surface area contributed by atoms with E-state index < -0.39 is 11.9 Å². The minimum Gasteiger partial charge on any atom is -0.490 e. The van der Waals surface area contributed by atoms with Crippen LogP contribution >= 0.6 is 11.6 Å². The number of carbonyl (C=O) groups is 4. The molecule has 4 heterocycles. The Labute approximate surface area is 330 Å². The van der Waals surface area contributed by atoms with Gasteiger partial charge < -0.3 is 29.9 Å². The quantitative estimate of drug-likeness (QED) is 0.236. The molecule has 2 aliphatic carbocycles. The van der Waals surface area contributed by atoms with E-state index in [0.29, 0.717) is 58.3 Å². The summed E-state index contributed by atoms with van der Waals surface area (Å²) in [4.78, 5) is 62.8. The zero-order chi connectivity index (χ0) is 38.8. The van der Waals surface area contributed by atoms with Gasteiger partial charge in [0.15, 0.2) is 0 Å². The average Bonchev–Trinajstić information content (AvgIpc) is 3.51. The number of benzene rings is 2. The number of ether oxygens (including phenoxy) is 2. The van der Waals surface area contributed by atoms with Crippen molar-refractivity contribution in [2.24, 2.45) is 5.92 Å². The van der Waals surface area contributed by atoms with Gasteiger partial charge in [-0.05, 0) is 100 Å². The lowest BCUT2D eigenvalue weighted by atomic mass is 9.88. The van der Waals surface area contributed by atoms with Gasteiger partial charge in [0.25, 0.3) is 11.8 Å². The number of carbonyl (C=O) groups excluding carboxylic acids is 4. The highest BCUT2D eigenvalue weighted by Gasteiger charge is 2.40. The molecular weight excluding hydrogens is 736 g/mol. The second-order valence-electron chi connectivity index (χ2n) is 15.5. The third kappa shape index (κ3) is 8.44. The molecule has 15 heteroatoms. The maximum atomic E-state index is 13.2. The summed E-state index contributed by atoms with van der Waals surface area (Å²) in [5.74, 6) is 1.52. The van der Waals surface area contributed by atoms with Crippen molar-refractivity contribution in [3.8, 4) is 17.6 Å². The van der Waals surface area contributed by atoms with Crippen LogP contribution in [0.2, 0.25) is 5.02 Å². The molecule has 3 aromatic rings. The maximum Gasteiger partial charge on any atom is 0.271 e. The molecule has 4 fully saturated rings. The number of piperidine rings is 2. The number of anilines is 1. The molecule has 1 atom stereocenters. The summed E-state index contributed by atoms with van der Waals surface area (Å²) in [6.45, 7) is 3.05. The lowest BCUT2D eigenvalue weighted by molar-refractivity contribution is -0.136. The summed E-state index contributed by atoms with van der Waals surface area (Å²) in [5.41, 5.74) is 2.15. The third-order valence-corrected chi connectivity index (χ3v) is 12.1. The van der Waals surface area contributed by atoms with Crippen LogP contribution in [0.3, 0.4) is 0 Å². The Balaban J connectivity index is 0.713. The Morgan fingerprint density at radius 1 is 0.911 bits per heavy atom. The van der Waals surface area contributed by atoms with Crippen LogP contribution in [0.5, 0.6) is 11.5 Å². The predicted molar refractivity (Wildman–Crippen MR) is 205 cm³/mol. The predicted octanol–water partition coefficient (Wildman–Crippen LogP) is 4.30. The fraction of sp³-hybridized carbons (Fsp3) is 0.488. The van der Waals surface area contributed by atoms with E-state index in [0.717, 1.165) is 82.4 Å². The molecule has 8 rings (SSSR count). The number of aromatic nitrogens is 2. The van der Waals surface area contributed by atoms with Crippen LogP contribution in [-0.2, 0) is 16.1 Å². The molecule has 3 aliphatic heterocycles. The number of nitrogens with zero attached hydrogens (tertiary/aromatic N) is 5. The minimum atomic E-state index is -0.627. The Bertz CT molecular complexity index is 2020. The minimum absolute atomic E-state index is 0.0260. The number of rotatable bonds is 11. The molecular formula is C41H45ClN8O6. The number of nitriles is 1. The van der Waals surface area contributed by atoms with Gasteiger partial charge >= 0.3 is 0 Å². The van der Waals surface area contributed by atoms with Crippen LogP contribution in [0.25, 0.3) is 0 Å². The summed E-state index contributed by atoms with van der Waals surface area (Å²) < 4.78 is 12.3. The molecule has 2 saturated heterocycles. The molecule has 56 heavy (non-hydrogen) atoms. The van der Waals surface area contributed by atoms with Crippen molar-refractivity contribution in [2.75, 3.05) is 24.5 Å². The Hall–Kier alpha value is -5.26. The Kier molecular flexibility index (Phi) is 11.1. The highest BCUT2D eigenvalue weighted by Crippen LogP contribution is 2.33. The Morgan fingerprint density at radius 2 is 1.66 bits per heavy atom. The van der Waals surface area contributed by atoms with Crippen molar-refractivity contribution >= 4 is 41.0 Å². The number of fused-ring (bicyclic) bond motifs is 1. The van der Waals surface area contributed by atoms with Crippen molar-refractivity contribution in [1.82, 2.24) is 30.8 Å². The van der Waals surface area contributed by atoms with Gasteiger partial charge in [0.05, 0.1) is 29.1 Å². The summed E-state index contributed by atoms with van der Waals surface area (Å²) in [5, 5.41) is 18.6. The molecule has 2 saturated carbocycles. The second-order valence-corrected chi connectivity index (χ2v) is 16.0. The van der Waals surface area contributed by atoms with Gasteiger partial charge in [-0.3, -0.25) is 24.5 Å². The first kappa shape index (κ1) is 37.7. The van der Waals surface area contributed by atoms with E-state index in [9.17, 15) is 19.2 Å². The average molecular weight is 781 g/mol. The van der Waals surface area contributed by atoms with Gasteiger partial charge in [-0.25, -0.2) is 9.97 Å². The van der Waals surface area contributed by atoms with Crippen molar-refractivity contribution < 1.29 is 28.7 Å². The first-order valence-corrected chi connectivity index (χ1v) is 20.0. The SMILES string of the molecule is N#Cc1ccc(OC2CCC(NC(=O)c3cnc(N4CCC(CNC5CC(Oc6ccc7c(c6)C(=O)N([C@@H]6CCC(=O)NC6=O)C7)C5)CC4)cn3)CC2)cc1Cl. The number of amides is 4. The van der Waals surface area contributed by atoms with Crippen molar-refractivity contribution in [3.05, 3.63) is 76.2 Å². The van der Waals surface area contributed by atoms with Crippen LogP contribution in [0.4, 0.5) is 5.82 Å². The summed E-state index contributed by atoms with van der Waals surface area (Å²) in [6, 6.07) is 12.5. The van der Waals surface area contributed by atoms with Gasteiger partial charge in [-0.2, -0.15) is 5.26 Å². The van der Waals surface area contributed by atoms with Gasteiger partial charge in [0.2, 0.25) is 11.8 Å². The lowest BCUT2D eigenvalue weighted by Gasteiger charge is -2.38. The van der Waals surface area contributed by atoms with E-state index in [-0.39, 0.29) is 42.4 Å². The molecule has 0 unspecified atom stereocenters. The molecule has 3 N–H and O–H groups in total. The largest absolute Gasteiger partial charge is 0.490 e. The van der Waals surface area contributed by atoms with E-state index in [1.54, 1.807) is 41.6 Å². The van der Waals surface area contributed by atoms with Crippen molar-refractivity contribution in [1.29, 1.82) is 5.26 Å². The molecule has 0 radical (unpaired) electrons. The molecule has 2 aromatic carbocycles. The molecule has 14 nitrogen and oxygen atoms in total. The smallest absolute Gasteiger partial charge is 0.271 e. The molecule has 0 bridgehead atoms. The molecule has 1 aromatic heterocycles. The number of hydrogen-bond donors (Lipinski definition) is 3. The van der Waals surface area contributed by atoms with E-state index in [1.165, 1.54) is 0 Å². The Morgan fingerprint density at radius 3 is 2.38 bits per heavy atom. The summed E-state index contributed by atoms with van der Waals surface area (Å²) >= 11 is 6.14. The lowest BCUT2D eigenvalue weighted by Crippen LogP contribution is -2.52. The first-order valence-electron chi connectivity index (χ1n) is 19.6. The summed E-state index contributed by atoms with van der Waals surface area (Å²) in [6.07, 6.45) is 11.0. The molecule has 292 valence electrons. The standard InChI is InChI=1S/C41H45ClN8O6/c42-34-18-31(5-1-25(34)19-43)55-29-7-3-27(4-8-29)47-39(52)35-21-46-37(22-45-35)49-13-11-24(12-14-49)20-44-28-15-32(16-28)56-30-6-2-26-23-50(41(54)33(26)17-30)36-9-10-38(51)48-40(36)53/h1-2,5-6,17-18,21-22,24,27-29,32,36,44H,3-4,7-16,20,23H2,(H,47,52)(H,48,51,53)/t27?,28?,29?,32?,36-/m1/s1. The zero-order valence-corrected chi connectivity index (χ0v) is 31.8. The zero-order valence-electron chi connectivity index (χ0n) is 31.0. The van der Waals surface area contributed by atoms with Gasteiger partial charge in [0, 0.05) is 49.8 Å². The number of halogens is 1. The summed E-state index contributed by atoms with van der Waals surface area (Å²) in [7, 11) is 0. The maximum absolute atomic E-state index is 13.2. The van der Waals surface area contributed by atoms with Crippen LogP contribution in [0.15, 0.2) is 48.8 Å².